The highest BCUT2D eigenvalue weighted by Gasteiger charge is 2.18. The summed E-state index contributed by atoms with van der Waals surface area (Å²) in [7, 11) is -3.68. The first-order valence-electron chi connectivity index (χ1n) is 8.27. The van der Waals surface area contributed by atoms with Gasteiger partial charge in [0.25, 0.3) is 5.91 Å². The summed E-state index contributed by atoms with van der Waals surface area (Å²) in [4.78, 5) is 33.3. The molecule has 0 fully saturated rings. The highest BCUT2D eigenvalue weighted by atomic mass is 32.2. The molecule has 2 aromatic carbocycles. The van der Waals surface area contributed by atoms with E-state index in [1.54, 1.807) is 12.1 Å². The van der Waals surface area contributed by atoms with Crippen LogP contribution >= 0.6 is 0 Å². The molecule has 0 unspecified atom stereocenters. The minimum Gasteiger partial charge on any atom is -0.456 e. The monoisotopic (exact) mass is 424 g/mol. The number of hydrogen-bond acceptors (Lipinski definition) is 7. The second kappa shape index (κ2) is 9.24. The maximum Gasteiger partial charge on any atom is 0.307 e. The van der Waals surface area contributed by atoms with E-state index in [0.717, 1.165) is 23.8 Å². The van der Waals surface area contributed by atoms with Gasteiger partial charge in [0.1, 0.15) is 0 Å². The van der Waals surface area contributed by atoms with E-state index in [0.29, 0.717) is 0 Å². The number of carbonyl (C=O) groups excluding carboxylic acids is 2. The van der Waals surface area contributed by atoms with E-state index in [4.69, 9.17) is 4.74 Å². The first-order valence-corrected chi connectivity index (χ1v) is 9.92. The molecule has 11 heteroatoms. The van der Waals surface area contributed by atoms with Crippen LogP contribution in [0.2, 0.25) is 0 Å². The van der Waals surface area contributed by atoms with Gasteiger partial charge in [0, 0.05) is 11.8 Å². The molecular weight excluding hydrogens is 407 g/mol. The van der Waals surface area contributed by atoms with Crippen LogP contribution in [0.1, 0.15) is 12.0 Å². The molecule has 2 aromatic rings. The highest BCUT2D eigenvalue weighted by molar-refractivity contribution is 7.91. The lowest BCUT2D eigenvalue weighted by Crippen LogP contribution is -2.22. The molecule has 0 radical (unpaired) electrons. The molecule has 0 atom stereocenters. The van der Waals surface area contributed by atoms with E-state index in [1.165, 1.54) is 12.1 Å². The standard InChI is InChI=1S/C18H17FN2O7S/c1-12-2-5-14(6-3-12)29(26,27)9-8-18(23)28-11-17(22)20-13-4-7-15(19)16(10-13)21(24)25/h2-7,10H,8-9,11H2,1H3,(H,20,22). The zero-order valence-corrected chi connectivity index (χ0v) is 16.1. The molecule has 1 amide bonds. The Morgan fingerprint density at radius 2 is 1.83 bits per heavy atom. The largest absolute Gasteiger partial charge is 0.456 e. The van der Waals surface area contributed by atoms with Crippen molar-refractivity contribution in [3.8, 4) is 0 Å². The third-order valence-corrected chi connectivity index (χ3v) is 5.48. The van der Waals surface area contributed by atoms with Gasteiger partial charge in [-0.05, 0) is 31.2 Å². The van der Waals surface area contributed by atoms with Gasteiger partial charge in [-0.3, -0.25) is 19.7 Å². The molecule has 0 aliphatic heterocycles. The van der Waals surface area contributed by atoms with Crippen LogP contribution in [0.3, 0.4) is 0 Å². The van der Waals surface area contributed by atoms with Gasteiger partial charge in [0.2, 0.25) is 5.82 Å². The van der Waals surface area contributed by atoms with Crippen molar-refractivity contribution >= 4 is 33.1 Å². The van der Waals surface area contributed by atoms with Crippen LogP contribution in [0.5, 0.6) is 0 Å². The van der Waals surface area contributed by atoms with E-state index < -0.39 is 56.9 Å². The maximum atomic E-state index is 13.3. The summed E-state index contributed by atoms with van der Waals surface area (Å²) in [5, 5.41) is 12.9. The number of ether oxygens (including phenoxy) is 1. The van der Waals surface area contributed by atoms with Crippen LogP contribution in [0.15, 0.2) is 47.4 Å². The molecule has 0 bridgehead atoms. The molecule has 2 rings (SSSR count). The molecule has 0 saturated carbocycles. The first-order chi connectivity index (χ1) is 13.6. The Bertz CT molecular complexity index is 1040. The Kier molecular flexibility index (Phi) is 6.99. The third kappa shape index (κ3) is 6.35. The fourth-order valence-corrected chi connectivity index (χ4v) is 3.45. The second-order valence-corrected chi connectivity index (χ2v) is 8.12. The predicted molar refractivity (Wildman–Crippen MR) is 100 cm³/mol. The molecule has 1 N–H and O–H groups in total. The quantitative estimate of drug-likeness (QED) is 0.391. The summed E-state index contributed by atoms with van der Waals surface area (Å²) >= 11 is 0. The molecule has 0 spiro atoms. The summed E-state index contributed by atoms with van der Waals surface area (Å²) in [6.45, 7) is 1.08. The van der Waals surface area contributed by atoms with Crippen LogP contribution in [-0.2, 0) is 24.2 Å². The Morgan fingerprint density at radius 1 is 1.17 bits per heavy atom. The fourth-order valence-electron chi connectivity index (χ4n) is 2.23. The van der Waals surface area contributed by atoms with E-state index in [1.807, 2.05) is 6.92 Å². The third-order valence-electron chi connectivity index (χ3n) is 3.75. The van der Waals surface area contributed by atoms with Gasteiger partial charge < -0.3 is 10.1 Å². The van der Waals surface area contributed by atoms with Crippen LogP contribution in [-0.4, -0.2) is 37.6 Å². The SMILES string of the molecule is Cc1ccc(S(=O)(=O)CCC(=O)OCC(=O)Nc2ccc(F)c([N+](=O)[O-])c2)cc1. The zero-order valence-electron chi connectivity index (χ0n) is 15.3. The molecule has 0 heterocycles. The summed E-state index contributed by atoms with van der Waals surface area (Å²) < 4.78 is 42.3. The van der Waals surface area contributed by atoms with Gasteiger partial charge in [-0.1, -0.05) is 17.7 Å². The smallest absolute Gasteiger partial charge is 0.307 e. The fraction of sp³-hybridized carbons (Fsp3) is 0.222. The maximum absolute atomic E-state index is 13.3. The normalized spacial score (nSPS) is 11.0. The molecule has 9 nitrogen and oxygen atoms in total. The predicted octanol–water partition coefficient (Wildman–Crippen LogP) is 2.39. The van der Waals surface area contributed by atoms with Crippen LogP contribution in [0, 0.1) is 22.9 Å². The first kappa shape index (κ1) is 22.0. The number of nitrogens with zero attached hydrogens (tertiary/aromatic N) is 1. The average molecular weight is 424 g/mol. The number of esters is 1. The van der Waals surface area contributed by atoms with Crippen LogP contribution < -0.4 is 5.32 Å². The molecule has 29 heavy (non-hydrogen) atoms. The van der Waals surface area contributed by atoms with Crippen molar-refractivity contribution in [1.82, 2.24) is 0 Å². The second-order valence-electron chi connectivity index (χ2n) is 6.01. The van der Waals surface area contributed by atoms with Gasteiger partial charge in [0.15, 0.2) is 16.4 Å². The number of hydrogen-bond donors (Lipinski definition) is 1. The lowest BCUT2D eigenvalue weighted by Gasteiger charge is -2.07. The lowest BCUT2D eigenvalue weighted by molar-refractivity contribution is -0.387. The number of nitrogens with one attached hydrogen (secondary N) is 1. The number of benzene rings is 2. The van der Waals surface area contributed by atoms with Crippen molar-refractivity contribution in [3.63, 3.8) is 0 Å². The van der Waals surface area contributed by atoms with Gasteiger partial charge >= 0.3 is 11.7 Å². The molecular formula is C18H17FN2O7S. The van der Waals surface area contributed by atoms with E-state index in [2.05, 4.69) is 5.32 Å². The summed E-state index contributed by atoms with van der Waals surface area (Å²) in [6.07, 6.45) is -0.453. The van der Waals surface area contributed by atoms with Crippen molar-refractivity contribution in [1.29, 1.82) is 0 Å². The van der Waals surface area contributed by atoms with Crippen LogP contribution in [0.4, 0.5) is 15.8 Å². The Labute approximate surface area is 165 Å². The zero-order chi connectivity index (χ0) is 21.6. The van der Waals surface area contributed by atoms with Crippen molar-refractivity contribution in [3.05, 3.63) is 64.0 Å². The number of rotatable bonds is 8. The van der Waals surface area contributed by atoms with E-state index in [9.17, 15) is 32.5 Å². The van der Waals surface area contributed by atoms with Crippen molar-refractivity contribution in [2.45, 2.75) is 18.2 Å². The topological polar surface area (TPSA) is 133 Å². The minimum atomic E-state index is -3.68. The van der Waals surface area contributed by atoms with Crippen molar-refractivity contribution in [2.24, 2.45) is 0 Å². The minimum absolute atomic E-state index is 0.0545. The number of aryl methyl sites for hydroxylation is 1. The van der Waals surface area contributed by atoms with Gasteiger partial charge in [0.05, 0.1) is 22.0 Å². The highest BCUT2D eigenvalue weighted by Crippen LogP contribution is 2.21. The molecule has 154 valence electrons. The number of sulfone groups is 1. The van der Waals surface area contributed by atoms with E-state index in [-0.39, 0.29) is 10.6 Å². The Hall–Kier alpha value is -3.34. The van der Waals surface area contributed by atoms with E-state index >= 15 is 0 Å². The molecule has 0 aromatic heterocycles. The van der Waals surface area contributed by atoms with Gasteiger partial charge in [-0.2, -0.15) is 4.39 Å². The Morgan fingerprint density at radius 3 is 2.45 bits per heavy atom. The van der Waals surface area contributed by atoms with Crippen molar-refractivity contribution in [2.75, 3.05) is 17.7 Å². The van der Waals surface area contributed by atoms with Gasteiger partial charge in [-0.25, -0.2) is 8.42 Å². The summed E-state index contributed by atoms with van der Waals surface area (Å²) in [5.74, 6) is -3.27. The summed E-state index contributed by atoms with van der Waals surface area (Å²) in [5.41, 5.74) is 0.0167. The summed E-state index contributed by atoms with van der Waals surface area (Å²) in [6, 6.07) is 8.89. The number of anilines is 1. The molecule has 0 aliphatic rings. The number of amides is 1. The lowest BCUT2D eigenvalue weighted by atomic mass is 10.2. The van der Waals surface area contributed by atoms with Crippen molar-refractivity contribution < 1.29 is 32.1 Å². The number of carbonyl (C=O) groups is 2. The average Bonchev–Trinajstić information content (AvgIpc) is 2.66. The number of nitro benzene ring substituents is 1. The Balaban J connectivity index is 1.84. The van der Waals surface area contributed by atoms with Crippen LogP contribution in [0.25, 0.3) is 0 Å². The number of halogens is 1. The van der Waals surface area contributed by atoms with Gasteiger partial charge in [-0.15, -0.1) is 0 Å². The molecule has 0 aliphatic carbocycles. The molecule has 0 saturated heterocycles. The number of nitro groups is 1.